The molecule has 0 spiro atoms. The van der Waals surface area contributed by atoms with E-state index in [1.54, 1.807) is 0 Å². The number of carboxylic acid groups (broad SMARTS) is 1. The van der Waals surface area contributed by atoms with Gasteiger partial charge in [-0.25, -0.2) is 4.79 Å². The Hall–Kier alpha value is -1.88. The molecule has 1 aromatic rings. The van der Waals surface area contributed by atoms with E-state index in [-0.39, 0.29) is 0 Å². The molecule has 1 aromatic heterocycles. The maximum Gasteiger partial charge on any atom is 0.328 e. The van der Waals surface area contributed by atoms with Crippen molar-refractivity contribution in [2.24, 2.45) is 0 Å². The maximum atomic E-state index is 11.1. The summed E-state index contributed by atoms with van der Waals surface area (Å²) >= 11 is 5.74. The topological polar surface area (TPSA) is 79.3 Å². The fourth-order valence-electron chi connectivity index (χ4n) is 0.791. The molecule has 0 bridgehead atoms. The predicted molar refractivity (Wildman–Crippen MR) is 54.7 cm³/mol. The van der Waals surface area contributed by atoms with Gasteiger partial charge in [-0.05, 0) is 6.07 Å². The third-order valence-corrected chi connectivity index (χ3v) is 1.73. The van der Waals surface area contributed by atoms with Gasteiger partial charge in [0.2, 0.25) is 5.91 Å². The number of nitrogens with one attached hydrogen (secondary N) is 1. The minimum absolute atomic E-state index is 0.333. The Kier molecular flexibility index (Phi) is 3.82. The molecule has 0 atom stereocenters. The maximum absolute atomic E-state index is 11.1. The van der Waals surface area contributed by atoms with Crippen molar-refractivity contribution >= 4 is 29.2 Å². The molecule has 5 nitrogen and oxygen atoms in total. The van der Waals surface area contributed by atoms with Gasteiger partial charge in [-0.1, -0.05) is 11.6 Å². The van der Waals surface area contributed by atoms with E-state index in [2.05, 4.69) is 10.3 Å². The fraction of sp³-hybridized carbons (Fsp3) is 0. The average Bonchev–Trinajstić information content (AvgIpc) is 2.18. The molecular weight excluding hydrogens is 220 g/mol. The first kappa shape index (κ1) is 11.2. The zero-order valence-corrected chi connectivity index (χ0v) is 8.23. The van der Waals surface area contributed by atoms with E-state index in [9.17, 15) is 9.59 Å². The lowest BCUT2D eigenvalue weighted by Crippen LogP contribution is -2.09. The van der Waals surface area contributed by atoms with Crippen LogP contribution in [0, 0.1) is 0 Å². The normalized spacial score (nSPS) is 10.2. The number of hydrogen-bond acceptors (Lipinski definition) is 3. The summed E-state index contributed by atoms with van der Waals surface area (Å²) < 4.78 is 0. The lowest BCUT2D eigenvalue weighted by Gasteiger charge is -2.02. The van der Waals surface area contributed by atoms with Gasteiger partial charge in [0.1, 0.15) is 0 Å². The number of nitrogens with zero attached hydrogens (tertiary/aromatic N) is 1. The first-order valence-corrected chi connectivity index (χ1v) is 4.29. The fourth-order valence-corrected chi connectivity index (χ4v) is 0.943. The van der Waals surface area contributed by atoms with Crippen molar-refractivity contribution in [3.05, 3.63) is 35.6 Å². The molecule has 2 N–H and O–H groups in total. The van der Waals surface area contributed by atoms with Crippen molar-refractivity contribution in [1.29, 1.82) is 0 Å². The number of rotatable bonds is 3. The van der Waals surface area contributed by atoms with Gasteiger partial charge in [0.15, 0.2) is 0 Å². The van der Waals surface area contributed by atoms with E-state index >= 15 is 0 Å². The molecule has 6 heteroatoms. The van der Waals surface area contributed by atoms with Gasteiger partial charge >= 0.3 is 5.97 Å². The van der Waals surface area contributed by atoms with Crippen LogP contribution in [-0.2, 0) is 9.59 Å². The molecule has 0 saturated carbocycles. The second-order valence-corrected chi connectivity index (χ2v) is 2.92. The van der Waals surface area contributed by atoms with Crippen LogP contribution in [0.5, 0.6) is 0 Å². The minimum Gasteiger partial charge on any atom is -0.478 e. The van der Waals surface area contributed by atoms with E-state index in [1.807, 2.05) is 0 Å². The number of amides is 1. The number of aliphatic carboxylic acids is 1. The Labute approximate surface area is 90.4 Å². The Balaban J connectivity index is 2.67. The third-order valence-electron chi connectivity index (χ3n) is 1.40. The molecule has 0 radical (unpaired) electrons. The lowest BCUT2D eigenvalue weighted by molar-refractivity contribution is -0.131. The van der Waals surface area contributed by atoms with Crippen LogP contribution in [0.3, 0.4) is 0 Å². The molecule has 78 valence electrons. The van der Waals surface area contributed by atoms with Crippen molar-refractivity contribution in [2.45, 2.75) is 0 Å². The smallest absolute Gasteiger partial charge is 0.328 e. The van der Waals surface area contributed by atoms with Crippen LogP contribution in [-0.4, -0.2) is 22.0 Å². The molecule has 0 saturated heterocycles. The number of carboxylic acids is 1. The highest BCUT2D eigenvalue weighted by Crippen LogP contribution is 2.18. The van der Waals surface area contributed by atoms with Crippen molar-refractivity contribution in [1.82, 2.24) is 4.98 Å². The summed E-state index contributed by atoms with van der Waals surface area (Å²) in [6.45, 7) is 0. The second kappa shape index (κ2) is 5.11. The first-order valence-electron chi connectivity index (χ1n) is 3.91. The Bertz CT molecular complexity index is 418. The van der Waals surface area contributed by atoms with Gasteiger partial charge in [-0.3, -0.25) is 9.78 Å². The van der Waals surface area contributed by atoms with Crippen LogP contribution in [0.25, 0.3) is 0 Å². The van der Waals surface area contributed by atoms with E-state index in [1.165, 1.54) is 18.5 Å². The molecule has 0 fully saturated rings. The van der Waals surface area contributed by atoms with Crippen LogP contribution in [0.2, 0.25) is 5.02 Å². The lowest BCUT2D eigenvalue weighted by atomic mass is 10.4. The predicted octanol–water partition coefficient (Wildman–Crippen LogP) is 1.31. The van der Waals surface area contributed by atoms with Gasteiger partial charge in [0, 0.05) is 18.3 Å². The van der Waals surface area contributed by atoms with E-state index < -0.39 is 11.9 Å². The van der Waals surface area contributed by atoms with Crippen LogP contribution in [0.4, 0.5) is 5.69 Å². The number of carbonyl (C=O) groups excluding carboxylic acids is 1. The second-order valence-electron chi connectivity index (χ2n) is 2.52. The van der Waals surface area contributed by atoms with Crippen LogP contribution >= 0.6 is 11.6 Å². The van der Waals surface area contributed by atoms with Crippen molar-refractivity contribution in [3.8, 4) is 0 Å². The number of pyridine rings is 1. The monoisotopic (exact) mass is 226 g/mol. The summed E-state index contributed by atoms with van der Waals surface area (Å²) in [6, 6.07) is 1.51. The molecule has 1 heterocycles. The third kappa shape index (κ3) is 3.78. The van der Waals surface area contributed by atoms with Gasteiger partial charge in [-0.2, -0.15) is 0 Å². The molecule has 1 rings (SSSR count). The van der Waals surface area contributed by atoms with Gasteiger partial charge < -0.3 is 10.4 Å². The zero-order chi connectivity index (χ0) is 11.3. The average molecular weight is 227 g/mol. The van der Waals surface area contributed by atoms with E-state index in [0.29, 0.717) is 10.7 Å². The number of carbonyl (C=O) groups is 2. The Morgan fingerprint density at radius 1 is 1.47 bits per heavy atom. The van der Waals surface area contributed by atoms with E-state index in [4.69, 9.17) is 16.7 Å². The van der Waals surface area contributed by atoms with E-state index in [0.717, 1.165) is 12.2 Å². The summed E-state index contributed by atoms with van der Waals surface area (Å²) in [5.41, 5.74) is 0.333. The largest absolute Gasteiger partial charge is 0.478 e. The number of anilines is 1. The van der Waals surface area contributed by atoms with Crippen molar-refractivity contribution < 1.29 is 14.7 Å². The highest BCUT2D eigenvalue weighted by molar-refractivity contribution is 6.33. The van der Waals surface area contributed by atoms with Crippen LogP contribution < -0.4 is 5.32 Å². The molecule has 0 aromatic carbocycles. The number of halogens is 1. The molecule has 0 aliphatic carbocycles. The standard InChI is InChI=1S/C9H7ClN2O3/c10-6-3-4-11-5-7(6)12-8(13)1-2-9(14)15/h1-5H,(H,12,13)(H,14,15)/b2-1+. The summed E-state index contributed by atoms with van der Waals surface area (Å²) in [6.07, 6.45) is 4.48. The summed E-state index contributed by atoms with van der Waals surface area (Å²) in [5, 5.41) is 11.0. The summed E-state index contributed by atoms with van der Waals surface area (Å²) in [7, 11) is 0. The van der Waals surface area contributed by atoms with Gasteiger partial charge in [0.25, 0.3) is 0 Å². The molecule has 0 aliphatic rings. The van der Waals surface area contributed by atoms with Crippen LogP contribution in [0.15, 0.2) is 30.6 Å². The minimum atomic E-state index is -1.19. The number of aromatic nitrogens is 1. The van der Waals surface area contributed by atoms with Crippen LogP contribution in [0.1, 0.15) is 0 Å². The highest BCUT2D eigenvalue weighted by atomic mass is 35.5. The summed E-state index contributed by atoms with van der Waals surface area (Å²) in [4.78, 5) is 25.0. The SMILES string of the molecule is O=C(O)/C=C/C(=O)Nc1cnccc1Cl. The van der Waals surface area contributed by atoms with Crippen molar-refractivity contribution in [2.75, 3.05) is 5.32 Å². The quantitative estimate of drug-likeness (QED) is 0.762. The molecular formula is C9H7ClN2O3. The molecule has 1 amide bonds. The first-order chi connectivity index (χ1) is 7.09. The molecule has 15 heavy (non-hydrogen) atoms. The summed E-state index contributed by atoms with van der Waals surface area (Å²) in [5.74, 6) is -1.77. The highest BCUT2D eigenvalue weighted by Gasteiger charge is 2.02. The number of hydrogen-bond donors (Lipinski definition) is 2. The molecule has 0 unspecified atom stereocenters. The van der Waals surface area contributed by atoms with Gasteiger partial charge in [0.05, 0.1) is 16.9 Å². The molecule has 0 aliphatic heterocycles. The Morgan fingerprint density at radius 2 is 2.20 bits per heavy atom. The van der Waals surface area contributed by atoms with Crippen molar-refractivity contribution in [3.63, 3.8) is 0 Å². The Morgan fingerprint density at radius 3 is 2.80 bits per heavy atom. The zero-order valence-electron chi connectivity index (χ0n) is 7.48. The van der Waals surface area contributed by atoms with Gasteiger partial charge in [-0.15, -0.1) is 0 Å².